The molecule has 4 rings (SSSR count). The lowest BCUT2D eigenvalue weighted by Gasteiger charge is -2.15. The Labute approximate surface area is 176 Å². The molecule has 3 heterocycles. The first-order chi connectivity index (χ1) is 15.0. The number of carbonyl (C=O) groups is 1. The monoisotopic (exact) mass is 418 g/mol. The summed E-state index contributed by atoms with van der Waals surface area (Å²) in [7, 11) is 1.51. The first kappa shape index (κ1) is 19.8. The fourth-order valence-corrected chi connectivity index (χ4v) is 2.83. The first-order valence-electron chi connectivity index (χ1n) is 9.14. The minimum Gasteiger partial charge on any atom is -0.494 e. The number of anilines is 4. The number of hydrogen-bond acceptors (Lipinski definition) is 10. The van der Waals surface area contributed by atoms with Gasteiger partial charge in [-0.05, 0) is 24.3 Å². The van der Waals surface area contributed by atoms with E-state index in [0.29, 0.717) is 34.6 Å². The summed E-state index contributed by atoms with van der Waals surface area (Å²) >= 11 is 0. The van der Waals surface area contributed by atoms with Gasteiger partial charge in [-0.3, -0.25) is 4.79 Å². The van der Waals surface area contributed by atoms with Crippen LogP contribution in [-0.4, -0.2) is 38.2 Å². The normalized spacial score (nSPS) is 10.5. The third-order valence-corrected chi connectivity index (χ3v) is 4.19. The highest BCUT2D eigenvalue weighted by Crippen LogP contribution is 2.37. The molecule has 0 fully saturated rings. The minimum absolute atomic E-state index is 0.104. The second-order valence-corrected chi connectivity index (χ2v) is 6.30. The van der Waals surface area contributed by atoms with Crippen molar-refractivity contribution in [1.82, 2.24) is 25.1 Å². The molecule has 1 aromatic carbocycles. The Morgan fingerprint density at radius 2 is 1.97 bits per heavy atom. The van der Waals surface area contributed by atoms with E-state index < -0.39 is 5.91 Å². The Hall–Kier alpha value is -4.54. The van der Waals surface area contributed by atoms with Crippen molar-refractivity contribution in [3.8, 4) is 17.2 Å². The SMILES string of the molecule is COc1c(Nc2nc(Nc3ccccn3)ncc2C(N)=O)cccc1-c1nnc(C)o1. The lowest BCUT2D eigenvalue weighted by atomic mass is 10.1. The van der Waals surface area contributed by atoms with E-state index in [1.54, 1.807) is 43.5 Å². The lowest BCUT2D eigenvalue weighted by molar-refractivity contribution is 0.100. The Morgan fingerprint density at radius 1 is 1.10 bits per heavy atom. The van der Waals surface area contributed by atoms with Crippen LogP contribution in [0.3, 0.4) is 0 Å². The molecule has 4 aromatic rings. The Balaban J connectivity index is 1.72. The molecule has 0 saturated heterocycles. The quantitative estimate of drug-likeness (QED) is 0.408. The maximum atomic E-state index is 11.9. The van der Waals surface area contributed by atoms with Crippen LogP contribution in [0.15, 0.2) is 53.2 Å². The molecule has 0 aliphatic heterocycles. The number of amides is 1. The average Bonchev–Trinajstić information content (AvgIpc) is 3.20. The zero-order chi connectivity index (χ0) is 21.8. The zero-order valence-electron chi connectivity index (χ0n) is 16.7. The molecule has 1 amide bonds. The molecule has 0 radical (unpaired) electrons. The minimum atomic E-state index is -0.686. The van der Waals surface area contributed by atoms with Crippen LogP contribution in [0.2, 0.25) is 0 Å². The molecule has 0 atom stereocenters. The predicted octanol–water partition coefficient (Wildman–Crippen LogP) is 2.82. The van der Waals surface area contributed by atoms with Crippen LogP contribution in [0.4, 0.5) is 23.3 Å². The van der Waals surface area contributed by atoms with E-state index in [-0.39, 0.29) is 17.3 Å². The molecule has 156 valence electrons. The number of methoxy groups -OCH3 is 1. The summed E-state index contributed by atoms with van der Waals surface area (Å²) in [6.45, 7) is 1.70. The van der Waals surface area contributed by atoms with Gasteiger partial charge in [0.1, 0.15) is 17.2 Å². The maximum Gasteiger partial charge on any atom is 0.254 e. The number of rotatable bonds is 7. The largest absolute Gasteiger partial charge is 0.494 e. The fraction of sp³-hybridized carbons (Fsp3) is 0.100. The van der Waals surface area contributed by atoms with Gasteiger partial charge in [0.2, 0.25) is 11.8 Å². The molecule has 0 unspecified atom stereocenters. The molecule has 0 aliphatic rings. The van der Waals surface area contributed by atoms with Crippen LogP contribution >= 0.6 is 0 Å². The highest BCUT2D eigenvalue weighted by Gasteiger charge is 2.19. The van der Waals surface area contributed by atoms with Crippen molar-refractivity contribution in [2.45, 2.75) is 6.92 Å². The number of nitrogens with two attached hydrogens (primary N) is 1. The number of aryl methyl sites for hydroxylation is 1. The number of benzene rings is 1. The molecule has 0 saturated carbocycles. The summed E-state index contributed by atoms with van der Waals surface area (Å²) in [5.41, 5.74) is 6.71. The van der Waals surface area contributed by atoms with Crippen LogP contribution in [0.1, 0.15) is 16.2 Å². The standard InChI is InChI=1S/C20H18N8O3/c1-11-27-28-19(31-11)12-6-5-7-14(16(12)30-2)24-18-13(17(21)29)10-23-20(26-18)25-15-8-3-4-9-22-15/h3-10H,1-2H3,(H2,21,29)(H2,22,23,24,25,26). The molecule has 31 heavy (non-hydrogen) atoms. The summed E-state index contributed by atoms with van der Waals surface area (Å²) in [6.07, 6.45) is 2.97. The van der Waals surface area contributed by atoms with Gasteiger partial charge >= 0.3 is 0 Å². The number of aromatic nitrogens is 5. The van der Waals surface area contributed by atoms with Crippen molar-refractivity contribution in [2.24, 2.45) is 5.73 Å². The van der Waals surface area contributed by atoms with E-state index in [2.05, 4.69) is 35.8 Å². The predicted molar refractivity (Wildman–Crippen MR) is 112 cm³/mol. The van der Waals surface area contributed by atoms with E-state index in [1.165, 1.54) is 13.3 Å². The van der Waals surface area contributed by atoms with Gasteiger partial charge in [0.25, 0.3) is 11.8 Å². The van der Waals surface area contributed by atoms with Crippen molar-refractivity contribution in [3.05, 3.63) is 60.2 Å². The summed E-state index contributed by atoms with van der Waals surface area (Å²) in [5, 5.41) is 14.0. The number of hydrogen-bond donors (Lipinski definition) is 3. The van der Waals surface area contributed by atoms with Crippen LogP contribution in [0.5, 0.6) is 5.75 Å². The van der Waals surface area contributed by atoms with Crippen molar-refractivity contribution in [2.75, 3.05) is 17.7 Å². The van der Waals surface area contributed by atoms with Gasteiger partial charge in [-0.2, -0.15) is 4.98 Å². The summed E-state index contributed by atoms with van der Waals surface area (Å²) < 4.78 is 11.1. The van der Waals surface area contributed by atoms with Crippen molar-refractivity contribution >= 4 is 29.2 Å². The third-order valence-electron chi connectivity index (χ3n) is 4.19. The molecule has 11 heteroatoms. The van der Waals surface area contributed by atoms with Crippen LogP contribution < -0.4 is 21.1 Å². The molecule has 3 aromatic heterocycles. The van der Waals surface area contributed by atoms with E-state index in [4.69, 9.17) is 14.9 Å². The summed E-state index contributed by atoms with van der Waals surface area (Å²) in [4.78, 5) is 24.6. The van der Waals surface area contributed by atoms with Crippen molar-refractivity contribution < 1.29 is 13.9 Å². The van der Waals surface area contributed by atoms with Crippen LogP contribution in [0, 0.1) is 6.92 Å². The topological polar surface area (TPSA) is 154 Å². The maximum absolute atomic E-state index is 11.9. The zero-order valence-corrected chi connectivity index (χ0v) is 16.7. The Kier molecular flexibility index (Phi) is 5.39. The second kappa shape index (κ2) is 8.45. The van der Waals surface area contributed by atoms with E-state index in [9.17, 15) is 4.79 Å². The Morgan fingerprint density at radius 3 is 2.65 bits per heavy atom. The lowest BCUT2D eigenvalue weighted by Crippen LogP contribution is -2.16. The number of primary amides is 1. The third kappa shape index (κ3) is 4.24. The smallest absolute Gasteiger partial charge is 0.254 e. The molecule has 0 bridgehead atoms. The molecule has 4 N–H and O–H groups in total. The number of nitrogens with one attached hydrogen (secondary N) is 2. The number of nitrogens with zero attached hydrogens (tertiary/aromatic N) is 5. The van der Waals surface area contributed by atoms with Crippen molar-refractivity contribution in [3.63, 3.8) is 0 Å². The van der Waals surface area contributed by atoms with Gasteiger partial charge < -0.3 is 25.5 Å². The highest BCUT2D eigenvalue weighted by atomic mass is 16.5. The summed E-state index contributed by atoms with van der Waals surface area (Å²) in [6, 6.07) is 10.7. The molecule has 0 spiro atoms. The van der Waals surface area contributed by atoms with E-state index in [0.717, 1.165) is 0 Å². The van der Waals surface area contributed by atoms with Gasteiger partial charge in [0.05, 0.1) is 18.4 Å². The van der Waals surface area contributed by atoms with Crippen molar-refractivity contribution in [1.29, 1.82) is 0 Å². The molecule has 11 nitrogen and oxygen atoms in total. The average molecular weight is 418 g/mol. The molecule has 0 aliphatic carbocycles. The molecular formula is C20H18N8O3. The number of para-hydroxylation sites is 1. The number of ether oxygens (including phenoxy) is 1. The second-order valence-electron chi connectivity index (χ2n) is 6.30. The fourth-order valence-electron chi connectivity index (χ4n) is 2.83. The number of carbonyl (C=O) groups excluding carboxylic acids is 1. The van der Waals surface area contributed by atoms with Gasteiger partial charge in [0, 0.05) is 19.3 Å². The first-order valence-corrected chi connectivity index (χ1v) is 9.14. The van der Waals surface area contributed by atoms with Gasteiger partial charge in [-0.25, -0.2) is 9.97 Å². The highest BCUT2D eigenvalue weighted by molar-refractivity contribution is 5.98. The number of pyridine rings is 1. The van der Waals surface area contributed by atoms with Gasteiger partial charge in [0.15, 0.2) is 5.75 Å². The van der Waals surface area contributed by atoms with E-state index in [1.807, 2.05) is 6.07 Å². The van der Waals surface area contributed by atoms with Crippen LogP contribution in [0.25, 0.3) is 11.5 Å². The molecular weight excluding hydrogens is 400 g/mol. The Bertz CT molecular complexity index is 1230. The van der Waals surface area contributed by atoms with E-state index >= 15 is 0 Å². The summed E-state index contributed by atoms with van der Waals surface area (Å²) in [5.74, 6) is 1.44. The van der Waals surface area contributed by atoms with Gasteiger partial charge in [-0.15, -0.1) is 10.2 Å². The van der Waals surface area contributed by atoms with Gasteiger partial charge in [-0.1, -0.05) is 12.1 Å². The van der Waals surface area contributed by atoms with Crippen LogP contribution in [-0.2, 0) is 0 Å².